The highest BCUT2D eigenvalue weighted by atomic mass is 16.3. The molecule has 4 N–H and O–H groups in total. The molecular formula is C31H36N4O5. The van der Waals surface area contributed by atoms with Crippen molar-refractivity contribution >= 4 is 11.8 Å². The maximum atomic E-state index is 12.8. The van der Waals surface area contributed by atoms with Gasteiger partial charge in [-0.25, -0.2) is 9.36 Å². The van der Waals surface area contributed by atoms with Crippen LogP contribution in [0.1, 0.15) is 84.8 Å². The number of carbonyl (C=O) groups is 2. The van der Waals surface area contributed by atoms with Crippen molar-refractivity contribution in [2.75, 3.05) is 0 Å². The van der Waals surface area contributed by atoms with E-state index in [-0.39, 0.29) is 12.1 Å². The summed E-state index contributed by atoms with van der Waals surface area (Å²) in [7, 11) is 0. The van der Waals surface area contributed by atoms with Crippen LogP contribution in [-0.4, -0.2) is 38.6 Å². The summed E-state index contributed by atoms with van der Waals surface area (Å²) < 4.78 is 0.627. The fourth-order valence-corrected chi connectivity index (χ4v) is 6.14. The van der Waals surface area contributed by atoms with Gasteiger partial charge in [0.05, 0.1) is 0 Å². The average molecular weight is 545 g/mol. The van der Waals surface area contributed by atoms with Crippen LogP contribution in [0, 0.1) is 0 Å². The number of aromatic nitrogens is 2. The summed E-state index contributed by atoms with van der Waals surface area (Å²) in [4.78, 5) is 53.3. The third-order valence-electron chi connectivity index (χ3n) is 8.39. The maximum Gasteiger partial charge on any atom is 0.329 e. The van der Waals surface area contributed by atoms with Crippen molar-refractivity contribution in [2.24, 2.45) is 0 Å². The minimum atomic E-state index is -1.07. The lowest BCUT2D eigenvalue weighted by molar-refractivity contribution is -0.122. The second-order valence-corrected chi connectivity index (χ2v) is 11.0. The molecule has 210 valence electrons. The molecule has 0 aliphatic heterocycles. The molecule has 2 aromatic carbocycles. The van der Waals surface area contributed by atoms with Gasteiger partial charge in [0.15, 0.2) is 5.69 Å². The number of nitrogens with one attached hydrogen (secondary N) is 3. The van der Waals surface area contributed by atoms with Crippen LogP contribution in [0.5, 0.6) is 5.75 Å². The summed E-state index contributed by atoms with van der Waals surface area (Å²) in [5.41, 5.74) is 0.121. The van der Waals surface area contributed by atoms with Gasteiger partial charge in [-0.2, -0.15) is 0 Å². The summed E-state index contributed by atoms with van der Waals surface area (Å²) in [5.74, 6) is -1.18. The number of H-pyrrole nitrogens is 1. The molecule has 0 radical (unpaired) electrons. The van der Waals surface area contributed by atoms with E-state index in [0.717, 1.165) is 51.4 Å². The van der Waals surface area contributed by atoms with Gasteiger partial charge in [-0.3, -0.25) is 19.4 Å². The molecular weight excluding hydrogens is 508 g/mol. The van der Waals surface area contributed by atoms with E-state index < -0.39 is 41.1 Å². The van der Waals surface area contributed by atoms with Crippen LogP contribution in [0.15, 0.2) is 70.3 Å². The lowest BCUT2D eigenvalue weighted by atomic mass is 9.82. The fourth-order valence-electron chi connectivity index (χ4n) is 6.14. The number of rotatable bonds is 7. The van der Waals surface area contributed by atoms with Crippen LogP contribution in [-0.2, 0) is 11.3 Å². The predicted octanol–water partition coefficient (Wildman–Crippen LogP) is 3.54. The van der Waals surface area contributed by atoms with Crippen LogP contribution >= 0.6 is 0 Å². The van der Waals surface area contributed by atoms with Crippen LogP contribution in [0.25, 0.3) is 0 Å². The van der Waals surface area contributed by atoms with E-state index in [0.29, 0.717) is 16.4 Å². The Labute approximate surface area is 232 Å². The topological polar surface area (TPSA) is 133 Å². The molecule has 40 heavy (non-hydrogen) atoms. The first-order valence-electron chi connectivity index (χ1n) is 14.1. The van der Waals surface area contributed by atoms with Gasteiger partial charge in [-0.1, -0.05) is 60.7 Å². The van der Waals surface area contributed by atoms with E-state index in [1.165, 1.54) is 11.1 Å². The molecule has 1 aromatic heterocycles. The van der Waals surface area contributed by atoms with Crippen molar-refractivity contribution in [1.29, 1.82) is 0 Å². The molecule has 2 aliphatic rings. The largest absolute Gasteiger partial charge is 0.501 e. The standard InChI is InChI=1S/C31H36N4O5/c36-26(32-24-15-11-22(12-16-24)20-7-3-1-4-8-20)19-35-30(39)28(37)27(34-31(35)40)29(38)33-25-17-13-23(14-18-25)21-9-5-2-6-10-21/h1-10,22-25,37H,11-19H2,(H,32,36)(H,33,38)(H,34,40)/t22-,23-,24+,25+. The zero-order valence-corrected chi connectivity index (χ0v) is 22.5. The monoisotopic (exact) mass is 544 g/mol. The zero-order valence-electron chi connectivity index (χ0n) is 22.5. The molecule has 2 aliphatic carbocycles. The van der Waals surface area contributed by atoms with Crippen molar-refractivity contribution in [3.05, 3.63) is 98.3 Å². The Morgan fingerprint density at radius 2 is 1.23 bits per heavy atom. The molecule has 9 nitrogen and oxygen atoms in total. The highest BCUT2D eigenvalue weighted by Crippen LogP contribution is 2.33. The summed E-state index contributed by atoms with van der Waals surface area (Å²) >= 11 is 0. The predicted molar refractivity (Wildman–Crippen MR) is 151 cm³/mol. The Bertz CT molecular complexity index is 1430. The van der Waals surface area contributed by atoms with Gasteiger partial charge in [0.1, 0.15) is 6.54 Å². The number of amides is 2. The third kappa shape index (κ3) is 6.35. The quantitative estimate of drug-likeness (QED) is 0.361. The van der Waals surface area contributed by atoms with E-state index >= 15 is 0 Å². The van der Waals surface area contributed by atoms with E-state index in [2.05, 4.69) is 39.9 Å². The molecule has 0 bridgehead atoms. The normalized spacial score (nSPS) is 22.8. The summed E-state index contributed by atoms with van der Waals surface area (Å²) in [6.07, 6.45) is 6.79. The molecule has 0 spiro atoms. The fraction of sp³-hybridized carbons (Fsp3) is 0.419. The molecule has 2 saturated carbocycles. The van der Waals surface area contributed by atoms with Gasteiger partial charge in [0, 0.05) is 12.1 Å². The lowest BCUT2D eigenvalue weighted by Gasteiger charge is -2.29. The number of benzene rings is 2. The highest BCUT2D eigenvalue weighted by Gasteiger charge is 2.27. The van der Waals surface area contributed by atoms with E-state index in [4.69, 9.17) is 0 Å². The molecule has 0 unspecified atom stereocenters. The number of nitrogens with zero attached hydrogens (tertiary/aromatic N) is 1. The van der Waals surface area contributed by atoms with Gasteiger partial charge < -0.3 is 15.7 Å². The van der Waals surface area contributed by atoms with Crippen molar-refractivity contribution in [3.63, 3.8) is 0 Å². The highest BCUT2D eigenvalue weighted by molar-refractivity contribution is 5.94. The van der Waals surface area contributed by atoms with Crippen molar-refractivity contribution in [2.45, 2.75) is 81.8 Å². The number of hydrogen-bond donors (Lipinski definition) is 4. The molecule has 0 saturated heterocycles. The van der Waals surface area contributed by atoms with Crippen LogP contribution in [0.3, 0.4) is 0 Å². The minimum Gasteiger partial charge on any atom is -0.501 e. The van der Waals surface area contributed by atoms with Crippen molar-refractivity contribution in [1.82, 2.24) is 20.2 Å². The Morgan fingerprint density at radius 1 is 0.750 bits per heavy atom. The second-order valence-electron chi connectivity index (χ2n) is 11.0. The number of aromatic hydroxyl groups is 1. The Balaban J connectivity index is 1.15. The first-order valence-corrected chi connectivity index (χ1v) is 14.1. The SMILES string of the molecule is O=C(Cn1c(=O)[nH]c(C(=O)N[C@H]2CC[C@@H](c3ccccc3)CC2)c(O)c1=O)N[C@H]1CC[C@@H](c2ccccc2)CC1. The summed E-state index contributed by atoms with van der Waals surface area (Å²) in [6.45, 7) is -0.536. The smallest absolute Gasteiger partial charge is 0.329 e. The third-order valence-corrected chi connectivity index (χ3v) is 8.39. The van der Waals surface area contributed by atoms with Gasteiger partial charge in [0.25, 0.3) is 11.5 Å². The minimum absolute atomic E-state index is 0.0436. The Hall–Kier alpha value is -4.14. The Morgan fingerprint density at radius 3 is 1.73 bits per heavy atom. The van der Waals surface area contributed by atoms with Gasteiger partial charge in [0.2, 0.25) is 11.7 Å². The van der Waals surface area contributed by atoms with E-state index in [1.54, 1.807) is 0 Å². The Kier molecular flexibility index (Phi) is 8.48. The van der Waals surface area contributed by atoms with Gasteiger partial charge in [-0.15, -0.1) is 0 Å². The lowest BCUT2D eigenvalue weighted by Crippen LogP contribution is -2.45. The molecule has 2 fully saturated rings. The molecule has 5 rings (SSSR count). The number of carbonyl (C=O) groups excluding carboxylic acids is 2. The van der Waals surface area contributed by atoms with Gasteiger partial charge >= 0.3 is 5.69 Å². The molecule has 9 heteroatoms. The molecule has 3 aromatic rings. The van der Waals surface area contributed by atoms with E-state index in [9.17, 15) is 24.3 Å². The first kappa shape index (κ1) is 27.4. The zero-order chi connectivity index (χ0) is 28.1. The first-order chi connectivity index (χ1) is 19.4. The average Bonchev–Trinajstić information content (AvgIpc) is 2.99. The van der Waals surface area contributed by atoms with Gasteiger partial charge in [-0.05, 0) is 74.3 Å². The van der Waals surface area contributed by atoms with E-state index in [1.807, 2.05) is 36.4 Å². The molecule has 1 heterocycles. The summed E-state index contributed by atoms with van der Waals surface area (Å²) in [5, 5.41) is 16.2. The van der Waals surface area contributed by atoms with Crippen LogP contribution < -0.4 is 21.9 Å². The molecule has 2 amide bonds. The second kappa shape index (κ2) is 12.4. The molecule has 0 atom stereocenters. The van der Waals surface area contributed by atoms with Crippen molar-refractivity contribution in [3.8, 4) is 5.75 Å². The number of hydrogen-bond acceptors (Lipinski definition) is 5. The summed E-state index contributed by atoms with van der Waals surface area (Å²) in [6, 6.07) is 20.4. The van der Waals surface area contributed by atoms with Crippen LogP contribution in [0.4, 0.5) is 0 Å². The number of aromatic amines is 1. The maximum absolute atomic E-state index is 12.8. The van der Waals surface area contributed by atoms with Crippen molar-refractivity contribution < 1.29 is 14.7 Å². The van der Waals surface area contributed by atoms with Crippen LogP contribution in [0.2, 0.25) is 0 Å².